The maximum atomic E-state index is 3.77. The predicted octanol–water partition coefficient (Wildman–Crippen LogP) is 4.31. The Hall–Kier alpha value is -1.08. The third-order valence-corrected chi connectivity index (χ3v) is 3.23. The van der Waals surface area contributed by atoms with E-state index in [2.05, 4.69) is 57.8 Å². The Labute approximate surface area is 106 Å². The number of allylic oxidation sites excluding steroid dienone is 1. The van der Waals surface area contributed by atoms with E-state index in [-0.39, 0.29) is 0 Å². The van der Waals surface area contributed by atoms with Crippen LogP contribution in [0, 0.1) is 13.8 Å². The number of hydrogen-bond acceptors (Lipinski definition) is 1. The van der Waals surface area contributed by atoms with Crippen LogP contribution in [-0.4, -0.2) is 6.04 Å². The Morgan fingerprint density at radius 1 is 1.29 bits per heavy atom. The summed E-state index contributed by atoms with van der Waals surface area (Å²) in [6.45, 7) is 12.6. The number of hydrogen-bond donors (Lipinski definition) is 1. The fourth-order valence-corrected chi connectivity index (χ4v) is 2.28. The van der Waals surface area contributed by atoms with E-state index in [1.165, 1.54) is 16.7 Å². The molecule has 1 aromatic carbocycles. The molecule has 1 aromatic rings. The van der Waals surface area contributed by atoms with Crippen LogP contribution in [0.15, 0.2) is 30.9 Å². The first-order valence-corrected chi connectivity index (χ1v) is 6.48. The molecule has 0 radical (unpaired) electrons. The van der Waals surface area contributed by atoms with Crippen molar-refractivity contribution in [1.82, 2.24) is 5.32 Å². The monoisotopic (exact) mass is 231 g/mol. The van der Waals surface area contributed by atoms with Gasteiger partial charge in [-0.05, 0) is 51.7 Å². The van der Waals surface area contributed by atoms with Gasteiger partial charge in [0, 0.05) is 12.1 Å². The van der Waals surface area contributed by atoms with E-state index in [9.17, 15) is 0 Å². The van der Waals surface area contributed by atoms with Crippen molar-refractivity contribution in [2.45, 2.75) is 52.6 Å². The third-order valence-electron chi connectivity index (χ3n) is 3.23. The van der Waals surface area contributed by atoms with Crippen LogP contribution in [0.1, 0.15) is 49.4 Å². The van der Waals surface area contributed by atoms with Crippen molar-refractivity contribution in [3.8, 4) is 0 Å². The molecule has 2 atom stereocenters. The molecule has 0 heterocycles. The molecule has 0 saturated carbocycles. The van der Waals surface area contributed by atoms with E-state index in [1.807, 2.05) is 6.08 Å². The lowest BCUT2D eigenvalue weighted by molar-refractivity contribution is 0.458. The van der Waals surface area contributed by atoms with Gasteiger partial charge in [0.15, 0.2) is 0 Å². The lowest BCUT2D eigenvalue weighted by Crippen LogP contribution is -2.29. The summed E-state index contributed by atoms with van der Waals surface area (Å²) in [7, 11) is 0. The summed E-state index contributed by atoms with van der Waals surface area (Å²) in [5.41, 5.74) is 4.11. The molecule has 2 unspecified atom stereocenters. The lowest BCUT2D eigenvalue weighted by Gasteiger charge is -2.21. The van der Waals surface area contributed by atoms with Crippen molar-refractivity contribution in [3.63, 3.8) is 0 Å². The maximum Gasteiger partial charge on any atom is 0.0296 e. The topological polar surface area (TPSA) is 12.0 Å². The summed E-state index contributed by atoms with van der Waals surface area (Å²) in [5, 5.41) is 3.64. The fraction of sp³-hybridized carbons (Fsp3) is 0.500. The average Bonchev–Trinajstić information content (AvgIpc) is 2.26. The Balaban J connectivity index is 2.62. The first kappa shape index (κ1) is 14.0. The van der Waals surface area contributed by atoms with Gasteiger partial charge >= 0.3 is 0 Å². The van der Waals surface area contributed by atoms with Crippen molar-refractivity contribution < 1.29 is 0 Å². The largest absolute Gasteiger partial charge is 0.308 e. The van der Waals surface area contributed by atoms with Gasteiger partial charge in [-0.3, -0.25) is 0 Å². The maximum absolute atomic E-state index is 3.77. The smallest absolute Gasteiger partial charge is 0.0296 e. The molecule has 0 fully saturated rings. The first-order chi connectivity index (χ1) is 8.04. The molecule has 1 heteroatoms. The SMILES string of the molecule is C=CCCC(C)NC(C)c1ccc(C)cc1C. The third kappa shape index (κ3) is 4.35. The van der Waals surface area contributed by atoms with Crippen LogP contribution < -0.4 is 5.32 Å². The summed E-state index contributed by atoms with van der Waals surface area (Å²) in [4.78, 5) is 0. The molecule has 0 aliphatic rings. The summed E-state index contributed by atoms with van der Waals surface area (Å²) in [6.07, 6.45) is 4.21. The van der Waals surface area contributed by atoms with Crippen LogP contribution in [0.5, 0.6) is 0 Å². The summed E-state index contributed by atoms with van der Waals surface area (Å²) in [5.74, 6) is 0. The molecule has 0 amide bonds. The molecule has 0 aliphatic carbocycles. The van der Waals surface area contributed by atoms with Crippen molar-refractivity contribution in [2.75, 3.05) is 0 Å². The standard InChI is InChI=1S/C16H25N/c1-6-7-8-14(4)17-15(5)16-10-9-12(2)11-13(16)3/h6,9-11,14-15,17H,1,7-8H2,2-5H3. The highest BCUT2D eigenvalue weighted by Gasteiger charge is 2.10. The number of benzene rings is 1. The Bertz CT molecular complexity index is 368. The van der Waals surface area contributed by atoms with E-state index in [0.29, 0.717) is 12.1 Å². The summed E-state index contributed by atoms with van der Waals surface area (Å²) < 4.78 is 0. The fourth-order valence-electron chi connectivity index (χ4n) is 2.28. The van der Waals surface area contributed by atoms with Crippen LogP contribution in [0.4, 0.5) is 0 Å². The zero-order valence-corrected chi connectivity index (χ0v) is 11.6. The molecule has 0 bridgehead atoms. The molecule has 94 valence electrons. The van der Waals surface area contributed by atoms with Crippen LogP contribution >= 0.6 is 0 Å². The summed E-state index contributed by atoms with van der Waals surface area (Å²) >= 11 is 0. The zero-order valence-electron chi connectivity index (χ0n) is 11.6. The van der Waals surface area contributed by atoms with Crippen LogP contribution in [0.2, 0.25) is 0 Å². The van der Waals surface area contributed by atoms with E-state index in [0.717, 1.165) is 12.8 Å². The second kappa shape index (κ2) is 6.61. The molecule has 0 spiro atoms. The van der Waals surface area contributed by atoms with E-state index in [1.54, 1.807) is 0 Å². The van der Waals surface area contributed by atoms with Crippen LogP contribution in [0.3, 0.4) is 0 Å². The molecule has 0 aliphatic heterocycles. The van der Waals surface area contributed by atoms with Gasteiger partial charge in [0.05, 0.1) is 0 Å². The highest BCUT2D eigenvalue weighted by atomic mass is 14.9. The second-order valence-corrected chi connectivity index (χ2v) is 5.02. The quantitative estimate of drug-likeness (QED) is 0.719. The average molecular weight is 231 g/mol. The van der Waals surface area contributed by atoms with Crippen LogP contribution in [-0.2, 0) is 0 Å². The normalized spacial score (nSPS) is 14.4. The van der Waals surface area contributed by atoms with Crippen LogP contribution in [0.25, 0.3) is 0 Å². The summed E-state index contributed by atoms with van der Waals surface area (Å²) in [6, 6.07) is 7.62. The van der Waals surface area contributed by atoms with Crippen molar-refractivity contribution >= 4 is 0 Å². The van der Waals surface area contributed by atoms with Crippen molar-refractivity contribution in [3.05, 3.63) is 47.5 Å². The minimum atomic E-state index is 0.412. The molecule has 0 aromatic heterocycles. The van der Waals surface area contributed by atoms with Gasteiger partial charge < -0.3 is 5.32 Å². The minimum Gasteiger partial charge on any atom is -0.308 e. The van der Waals surface area contributed by atoms with E-state index < -0.39 is 0 Å². The second-order valence-electron chi connectivity index (χ2n) is 5.02. The first-order valence-electron chi connectivity index (χ1n) is 6.48. The van der Waals surface area contributed by atoms with Crippen molar-refractivity contribution in [2.24, 2.45) is 0 Å². The van der Waals surface area contributed by atoms with Crippen molar-refractivity contribution in [1.29, 1.82) is 0 Å². The number of nitrogens with one attached hydrogen (secondary N) is 1. The molecule has 1 rings (SSSR count). The molecule has 17 heavy (non-hydrogen) atoms. The van der Waals surface area contributed by atoms with Gasteiger partial charge in [-0.2, -0.15) is 0 Å². The number of aryl methyl sites for hydroxylation is 2. The zero-order chi connectivity index (χ0) is 12.8. The van der Waals surface area contributed by atoms with E-state index in [4.69, 9.17) is 0 Å². The highest BCUT2D eigenvalue weighted by molar-refractivity contribution is 5.32. The molecule has 1 N–H and O–H groups in total. The van der Waals surface area contributed by atoms with Gasteiger partial charge in [0.2, 0.25) is 0 Å². The van der Waals surface area contributed by atoms with E-state index >= 15 is 0 Å². The van der Waals surface area contributed by atoms with Gasteiger partial charge in [-0.1, -0.05) is 29.8 Å². The van der Waals surface area contributed by atoms with Gasteiger partial charge in [0.25, 0.3) is 0 Å². The Morgan fingerprint density at radius 2 is 2.00 bits per heavy atom. The minimum absolute atomic E-state index is 0.412. The Morgan fingerprint density at radius 3 is 2.59 bits per heavy atom. The molecule has 1 nitrogen and oxygen atoms in total. The highest BCUT2D eigenvalue weighted by Crippen LogP contribution is 2.19. The number of rotatable bonds is 6. The Kier molecular flexibility index (Phi) is 5.43. The molecular formula is C16H25N. The molecular weight excluding hydrogens is 206 g/mol. The van der Waals surface area contributed by atoms with Gasteiger partial charge in [-0.15, -0.1) is 6.58 Å². The van der Waals surface area contributed by atoms with Gasteiger partial charge in [0.1, 0.15) is 0 Å². The lowest BCUT2D eigenvalue weighted by atomic mass is 9.99. The van der Waals surface area contributed by atoms with Gasteiger partial charge in [-0.25, -0.2) is 0 Å². The predicted molar refractivity (Wildman–Crippen MR) is 76.4 cm³/mol. The molecule has 0 saturated heterocycles.